The van der Waals surface area contributed by atoms with E-state index >= 15 is 0 Å². The highest BCUT2D eigenvalue weighted by atomic mass is 16.3. The second-order valence-corrected chi connectivity index (χ2v) is 5.40. The predicted octanol–water partition coefficient (Wildman–Crippen LogP) is 0.450. The largest absolute Gasteiger partial charge is 0.508 e. The lowest BCUT2D eigenvalue weighted by Crippen LogP contribution is -2.47. The van der Waals surface area contributed by atoms with Crippen LogP contribution in [0.15, 0.2) is 24.3 Å². The van der Waals surface area contributed by atoms with Gasteiger partial charge in [-0.2, -0.15) is 0 Å². The van der Waals surface area contributed by atoms with Crippen molar-refractivity contribution in [1.82, 2.24) is 10.2 Å². The molecule has 6 heteroatoms. The number of hydrogen-bond donors (Lipinski definition) is 3. The minimum atomic E-state index is -0.611. The van der Waals surface area contributed by atoms with Crippen LogP contribution in [-0.2, 0) is 16.1 Å². The van der Waals surface area contributed by atoms with Crippen molar-refractivity contribution < 1.29 is 14.7 Å². The Labute approximate surface area is 124 Å². The average Bonchev–Trinajstić information content (AvgIpc) is 2.45. The summed E-state index contributed by atoms with van der Waals surface area (Å²) in [5.74, 6) is -0.318. The molecule has 0 fully saturated rings. The third-order valence-electron chi connectivity index (χ3n) is 3.22. The fourth-order valence-electron chi connectivity index (χ4n) is 1.68. The molecule has 1 aromatic rings. The molecule has 0 heterocycles. The van der Waals surface area contributed by atoms with E-state index in [-0.39, 0.29) is 30.0 Å². The van der Waals surface area contributed by atoms with Crippen LogP contribution in [0.5, 0.6) is 5.75 Å². The number of carbonyl (C=O) groups excluding carboxylic acids is 2. The molecule has 0 aliphatic heterocycles. The molecule has 0 saturated carbocycles. The van der Waals surface area contributed by atoms with Gasteiger partial charge in [0.15, 0.2) is 0 Å². The molecule has 0 aliphatic rings. The maximum absolute atomic E-state index is 11.9. The van der Waals surface area contributed by atoms with Crippen LogP contribution < -0.4 is 11.1 Å². The van der Waals surface area contributed by atoms with E-state index in [1.54, 1.807) is 31.3 Å². The zero-order valence-electron chi connectivity index (χ0n) is 12.7. The van der Waals surface area contributed by atoms with Crippen molar-refractivity contribution >= 4 is 11.8 Å². The summed E-state index contributed by atoms with van der Waals surface area (Å²) in [4.78, 5) is 25.1. The van der Waals surface area contributed by atoms with E-state index in [0.29, 0.717) is 6.54 Å². The van der Waals surface area contributed by atoms with Gasteiger partial charge in [-0.15, -0.1) is 0 Å². The Morgan fingerprint density at radius 1 is 1.29 bits per heavy atom. The van der Waals surface area contributed by atoms with Crippen LogP contribution >= 0.6 is 0 Å². The first-order valence-corrected chi connectivity index (χ1v) is 6.86. The standard InChI is InChI=1S/C15H23N3O3/c1-10(2)14(16)15(21)17-8-13(20)18(3)9-11-4-6-12(19)7-5-11/h4-7,10,14,19H,8-9,16H2,1-3H3,(H,17,21)/t14-/m0/s1. The number of nitrogens with one attached hydrogen (secondary N) is 1. The Morgan fingerprint density at radius 2 is 1.86 bits per heavy atom. The molecule has 0 unspecified atom stereocenters. The highest BCUT2D eigenvalue weighted by Gasteiger charge is 2.18. The van der Waals surface area contributed by atoms with E-state index in [4.69, 9.17) is 5.73 Å². The fourth-order valence-corrected chi connectivity index (χ4v) is 1.68. The van der Waals surface area contributed by atoms with E-state index in [9.17, 15) is 14.7 Å². The van der Waals surface area contributed by atoms with Gasteiger partial charge in [0.1, 0.15) is 5.75 Å². The van der Waals surface area contributed by atoms with E-state index in [0.717, 1.165) is 5.56 Å². The number of benzene rings is 1. The van der Waals surface area contributed by atoms with E-state index in [2.05, 4.69) is 5.32 Å². The van der Waals surface area contributed by atoms with Crippen molar-refractivity contribution in [1.29, 1.82) is 0 Å². The number of carbonyl (C=O) groups is 2. The van der Waals surface area contributed by atoms with Crippen LogP contribution in [0.25, 0.3) is 0 Å². The van der Waals surface area contributed by atoms with E-state index < -0.39 is 6.04 Å². The lowest BCUT2D eigenvalue weighted by Gasteiger charge is -2.19. The molecule has 0 bridgehead atoms. The highest BCUT2D eigenvalue weighted by molar-refractivity contribution is 5.87. The quantitative estimate of drug-likeness (QED) is 0.709. The Hall–Kier alpha value is -2.08. The Morgan fingerprint density at radius 3 is 2.38 bits per heavy atom. The Bertz CT molecular complexity index is 485. The molecule has 1 atom stereocenters. The molecule has 6 nitrogen and oxygen atoms in total. The zero-order valence-corrected chi connectivity index (χ0v) is 12.7. The second-order valence-electron chi connectivity index (χ2n) is 5.40. The van der Waals surface area contributed by atoms with E-state index in [1.165, 1.54) is 4.90 Å². The summed E-state index contributed by atoms with van der Waals surface area (Å²) in [6, 6.07) is 6.01. The van der Waals surface area contributed by atoms with Gasteiger partial charge in [0, 0.05) is 13.6 Å². The maximum atomic E-state index is 11.9. The maximum Gasteiger partial charge on any atom is 0.242 e. The predicted molar refractivity (Wildman–Crippen MR) is 80.4 cm³/mol. The number of phenolic OH excluding ortho intramolecular Hbond substituents is 1. The normalized spacial score (nSPS) is 12.0. The smallest absolute Gasteiger partial charge is 0.242 e. The second kappa shape index (κ2) is 7.64. The van der Waals surface area contributed by atoms with Crippen molar-refractivity contribution in [2.75, 3.05) is 13.6 Å². The number of nitrogens with zero attached hydrogens (tertiary/aromatic N) is 1. The lowest BCUT2D eigenvalue weighted by atomic mass is 10.1. The number of rotatable bonds is 6. The molecule has 0 saturated heterocycles. The minimum Gasteiger partial charge on any atom is -0.508 e. The van der Waals surface area contributed by atoms with Crippen molar-refractivity contribution in [3.8, 4) is 5.75 Å². The number of hydrogen-bond acceptors (Lipinski definition) is 4. The molecular weight excluding hydrogens is 270 g/mol. The monoisotopic (exact) mass is 293 g/mol. The van der Waals surface area contributed by atoms with Gasteiger partial charge in [-0.05, 0) is 23.6 Å². The minimum absolute atomic E-state index is 0.0230. The fraction of sp³-hybridized carbons (Fsp3) is 0.467. The number of phenols is 1. The molecule has 116 valence electrons. The van der Waals surface area contributed by atoms with E-state index in [1.807, 2.05) is 13.8 Å². The summed E-state index contributed by atoms with van der Waals surface area (Å²) in [5, 5.41) is 11.7. The molecule has 1 aromatic carbocycles. The van der Waals surface area contributed by atoms with Gasteiger partial charge in [-0.1, -0.05) is 26.0 Å². The summed E-state index contributed by atoms with van der Waals surface area (Å²) in [6.45, 7) is 4.03. The zero-order chi connectivity index (χ0) is 16.0. The molecule has 0 aromatic heterocycles. The molecule has 0 spiro atoms. The van der Waals surface area contributed by atoms with Crippen LogP contribution in [-0.4, -0.2) is 41.5 Å². The molecule has 1 rings (SSSR count). The van der Waals surface area contributed by atoms with Crippen LogP contribution in [0.4, 0.5) is 0 Å². The summed E-state index contributed by atoms with van der Waals surface area (Å²) in [5.41, 5.74) is 6.60. The summed E-state index contributed by atoms with van der Waals surface area (Å²) in [7, 11) is 1.66. The summed E-state index contributed by atoms with van der Waals surface area (Å²) < 4.78 is 0. The van der Waals surface area contributed by atoms with Crippen LogP contribution in [0.1, 0.15) is 19.4 Å². The first-order chi connectivity index (χ1) is 9.81. The number of amides is 2. The van der Waals surface area contributed by atoms with Gasteiger partial charge in [0.05, 0.1) is 12.6 Å². The third kappa shape index (κ3) is 5.43. The van der Waals surface area contributed by atoms with Crippen LogP contribution in [0, 0.1) is 5.92 Å². The molecule has 4 N–H and O–H groups in total. The average molecular weight is 293 g/mol. The summed E-state index contributed by atoms with van der Waals surface area (Å²) >= 11 is 0. The number of aromatic hydroxyl groups is 1. The van der Waals surface area contributed by atoms with Crippen molar-refractivity contribution in [2.24, 2.45) is 11.7 Å². The number of nitrogens with two attached hydrogens (primary N) is 1. The Balaban J connectivity index is 2.44. The molecular formula is C15H23N3O3. The SMILES string of the molecule is CC(C)[C@H](N)C(=O)NCC(=O)N(C)Cc1ccc(O)cc1. The first-order valence-electron chi connectivity index (χ1n) is 6.86. The topological polar surface area (TPSA) is 95.7 Å². The van der Waals surface area contributed by atoms with Gasteiger partial charge in [-0.25, -0.2) is 0 Å². The highest BCUT2D eigenvalue weighted by Crippen LogP contribution is 2.11. The van der Waals surface area contributed by atoms with Gasteiger partial charge in [-0.3, -0.25) is 9.59 Å². The first kappa shape index (κ1) is 17.0. The van der Waals surface area contributed by atoms with Crippen molar-refractivity contribution in [2.45, 2.75) is 26.4 Å². The summed E-state index contributed by atoms with van der Waals surface area (Å²) in [6.07, 6.45) is 0. The van der Waals surface area contributed by atoms with Gasteiger partial charge < -0.3 is 21.1 Å². The molecule has 0 radical (unpaired) electrons. The van der Waals surface area contributed by atoms with Crippen molar-refractivity contribution in [3.05, 3.63) is 29.8 Å². The molecule has 2 amide bonds. The van der Waals surface area contributed by atoms with Crippen molar-refractivity contribution in [3.63, 3.8) is 0 Å². The third-order valence-corrected chi connectivity index (χ3v) is 3.22. The van der Waals surface area contributed by atoms with Gasteiger partial charge >= 0.3 is 0 Å². The van der Waals surface area contributed by atoms with Gasteiger partial charge in [0.2, 0.25) is 11.8 Å². The van der Waals surface area contributed by atoms with Crippen LogP contribution in [0.3, 0.4) is 0 Å². The Kier molecular flexibility index (Phi) is 6.17. The van der Waals surface area contributed by atoms with Crippen LogP contribution in [0.2, 0.25) is 0 Å². The molecule has 0 aliphatic carbocycles. The van der Waals surface area contributed by atoms with Gasteiger partial charge in [0.25, 0.3) is 0 Å². The lowest BCUT2D eigenvalue weighted by molar-refractivity contribution is -0.132. The molecule has 21 heavy (non-hydrogen) atoms. The number of likely N-dealkylation sites (N-methyl/N-ethyl adjacent to an activating group) is 1.